The molecule has 1 aliphatic rings. The van der Waals surface area contributed by atoms with Gasteiger partial charge in [-0.15, -0.1) is 24.0 Å². The standard InChI is InChI=1S/C14H25N5O.HI/c1-2-15-13(17-12-14(20)6-3-7-14)16-8-4-10-19-11-5-9-18-19;/h5,9,11,20H,2-4,6-8,10,12H2,1H3,(H2,15,16,17);1H. The number of nitrogens with zero attached hydrogens (tertiary/aromatic N) is 3. The number of aliphatic imine (C=N–C) groups is 1. The molecule has 0 unspecified atom stereocenters. The van der Waals surface area contributed by atoms with Crippen molar-refractivity contribution < 1.29 is 5.11 Å². The number of aliphatic hydroxyl groups is 1. The summed E-state index contributed by atoms with van der Waals surface area (Å²) in [6.45, 7) is 5.08. The van der Waals surface area contributed by atoms with Gasteiger partial charge in [-0.2, -0.15) is 5.10 Å². The summed E-state index contributed by atoms with van der Waals surface area (Å²) in [6.07, 6.45) is 7.59. The third-order valence-corrected chi connectivity index (χ3v) is 3.58. The van der Waals surface area contributed by atoms with E-state index in [0.717, 1.165) is 51.3 Å². The first-order valence-corrected chi connectivity index (χ1v) is 7.44. The number of nitrogens with one attached hydrogen (secondary N) is 2. The number of hydrogen-bond donors (Lipinski definition) is 3. The lowest BCUT2D eigenvalue weighted by molar-refractivity contribution is -0.0236. The molecule has 21 heavy (non-hydrogen) atoms. The van der Waals surface area contributed by atoms with Crippen molar-refractivity contribution in [2.75, 3.05) is 19.6 Å². The van der Waals surface area contributed by atoms with Crippen molar-refractivity contribution in [3.05, 3.63) is 18.5 Å². The average molecular weight is 407 g/mol. The van der Waals surface area contributed by atoms with E-state index in [9.17, 15) is 5.11 Å². The van der Waals surface area contributed by atoms with Crippen LogP contribution in [0.2, 0.25) is 0 Å². The molecular formula is C14H26IN5O. The fourth-order valence-corrected chi connectivity index (χ4v) is 2.19. The minimum absolute atomic E-state index is 0. The molecule has 1 saturated carbocycles. The van der Waals surface area contributed by atoms with Gasteiger partial charge in [-0.05, 0) is 38.7 Å². The molecule has 0 spiro atoms. The van der Waals surface area contributed by atoms with E-state index in [1.807, 2.05) is 23.9 Å². The van der Waals surface area contributed by atoms with Crippen LogP contribution in [-0.4, -0.2) is 46.1 Å². The Bertz CT molecular complexity index is 417. The normalized spacial score (nSPS) is 16.8. The maximum Gasteiger partial charge on any atom is 0.191 e. The number of halogens is 1. The summed E-state index contributed by atoms with van der Waals surface area (Å²) in [5, 5.41) is 20.7. The number of aryl methyl sites for hydroxylation is 1. The van der Waals surface area contributed by atoms with Crippen molar-refractivity contribution in [3.63, 3.8) is 0 Å². The number of guanidine groups is 1. The molecular weight excluding hydrogens is 381 g/mol. The predicted octanol–water partition coefficient (Wildman–Crippen LogP) is 1.36. The Kier molecular flexibility index (Phi) is 8.02. The highest BCUT2D eigenvalue weighted by atomic mass is 127. The zero-order chi connectivity index (χ0) is 14.3. The molecule has 0 aromatic carbocycles. The molecule has 0 radical (unpaired) electrons. The molecule has 3 N–H and O–H groups in total. The van der Waals surface area contributed by atoms with E-state index in [-0.39, 0.29) is 24.0 Å². The SMILES string of the molecule is CCNC(=NCC1(O)CCC1)NCCCn1cccn1.I. The third kappa shape index (κ3) is 6.21. The van der Waals surface area contributed by atoms with E-state index in [1.54, 1.807) is 6.20 Å². The Morgan fingerprint density at radius 2 is 2.24 bits per heavy atom. The van der Waals surface area contributed by atoms with Gasteiger partial charge in [0.05, 0.1) is 12.1 Å². The van der Waals surface area contributed by atoms with Crippen LogP contribution in [0.5, 0.6) is 0 Å². The molecule has 2 rings (SSSR count). The molecule has 0 aliphatic heterocycles. The molecule has 7 heteroatoms. The first kappa shape index (κ1) is 18.2. The second-order valence-corrected chi connectivity index (χ2v) is 5.32. The van der Waals surface area contributed by atoms with Crippen LogP contribution in [0.4, 0.5) is 0 Å². The molecule has 1 fully saturated rings. The summed E-state index contributed by atoms with van der Waals surface area (Å²) >= 11 is 0. The van der Waals surface area contributed by atoms with Crippen LogP contribution in [-0.2, 0) is 6.54 Å². The molecule has 1 aromatic rings. The topological polar surface area (TPSA) is 74.5 Å². The largest absolute Gasteiger partial charge is 0.388 e. The molecule has 0 bridgehead atoms. The summed E-state index contributed by atoms with van der Waals surface area (Å²) in [5.74, 6) is 0.785. The molecule has 120 valence electrons. The van der Waals surface area contributed by atoms with Crippen molar-refractivity contribution in [3.8, 4) is 0 Å². The van der Waals surface area contributed by atoms with Gasteiger partial charge in [0, 0.05) is 32.0 Å². The monoisotopic (exact) mass is 407 g/mol. The van der Waals surface area contributed by atoms with Gasteiger partial charge in [0.2, 0.25) is 0 Å². The van der Waals surface area contributed by atoms with Gasteiger partial charge in [0.25, 0.3) is 0 Å². The first-order chi connectivity index (χ1) is 9.72. The van der Waals surface area contributed by atoms with Crippen LogP contribution >= 0.6 is 24.0 Å². The fraction of sp³-hybridized carbons (Fsp3) is 0.714. The number of hydrogen-bond acceptors (Lipinski definition) is 3. The van der Waals surface area contributed by atoms with Crippen molar-refractivity contribution in [2.24, 2.45) is 4.99 Å². The van der Waals surface area contributed by atoms with Crippen molar-refractivity contribution in [1.29, 1.82) is 0 Å². The average Bonchev–Trinajstić information content (AvgIpc) is 2.91. The van der Waals surface area contributed by atoms with E-state index >= 15 is 0 Å². The zero-order valence-electron chi connectivity index (χ0n) is 12.6. The van der Waals surface area contributed by atoms with E-state index < -0.39 is 5.60 Å². The minimum Gasteiger partial charge on any atom is -0.388 e. The van der Waals surface area contributed by atoms with Gasteiger partial charge in [-0.1, -0.05) is 0 Å². The van der Waals surface area contributed by atoms with Gasteiger partial charge in [0.15, 0.2) is 5.96 Å². The van der Waals surface area contributed by atoms with Crippen molar-refractivity contribution in [1.82, 2.24) is 20.4 Å². The van der Waals surface area contributed by atoms with Crippen molar-refractivity contribution in [2.45, 2.75) is 44.8 Å². The van der Waals surface area contributed by atoms with Crippen molar-refractivity contribution >= 4 is 29.9 Å². The fourth-order valence-electron chi connectivity index (χ4n) is 2.19. The quantitative estimate of drug-likeness (QED) is 0.276. The Balaban J connectivity index is 0.00000220. The van der Waals surface area contributed by atoms with Gasteiger partial charge in [-0.25, -0.2) is 0 Å². The number of aromatic nitrogens is 2. The Hall–Kier alpha value is -0.830. The summed E-state index contributed by atoms with van der Waals surface area (Å²) in [6, 6.07) is 1.93. The maximum atomic E-state index is 10.0. The third-order valence-electron chi connectivity index (χ3n) is 3.58. The van der Waals surface area contributed by atoms with Crippen LogP contribution in [0.15, 0.2) is 23.5 Å². The van der Waals surface area contributed by atoms with E-state index in [4.69, 9.17) is 0 Å². The van der Waals surface area contributed by atoms with Crippen LogP contribution in [0.3, 0.4) is 0 Å². The summed E-state index contributed by atoms with van der Waals surface area (Å²) in [7, 11) is 0. The molecule has 6 nitrogen and oxygen atoms in total. The highest BCUT2D eigenvalue weighted by molar-refractivity contribution is 14.0. The van der Waals surface area contributed by atoms with Crippen LogP contribution < -0.4 is 10.6 Å². The summed E-state index contributed by atoms with van der Waals surface area (Å²) in [5.41, 5.74) is -0.558. The van der Waals surface area contributed by atoms with Crippen LogP contribution in [0.25, 0.3) is 0 Å². The van der Waals surface area contributed by atoms with Gasteiger partial charge in [-0.3, -0.25) is 9.67 Å². The molecule has 1 heterocycles. The van der Waals surface area contributed by atoms with E-state index in [2.05, 4.69) is 20.7 Å². The lowest BCUT2D eigenvalue weighted by Gasteiger charge is -2.35. The minimum atomic E-state index is -0.558. The Morgan fingerprint density at radius 1 is 1.43 bits per heavy atom. The number of rotatable bonds is 7. The summed E-state index contributed by atoms with van der Waals surface area (Å²) in [4.78, 5) is 4.46. The van der Waals surface area contributed by atoms with Gasteiger partial charge >= 0.3 is 0 Å². The zero-order valence-corrected chi connectivity index (χ0v) is 14.9. The molecule has 0 amide bonds. The van der Waals surface area contributed by atoms with E-state index in [0.29, 0.717) is 6.54 Å². The molecule has 0 saturated heterocycles. The smallest absolute Gasteiger partial charge is 0.191 e. The highest BCUT2D eigenvalue weighted by Crippen LogP contribution is 2.31. The predicted molar refractivity (Wildman–Crippen MR) is 95.0 cm³/mol. The Labute approximate surface area is 143 Å². The Morgan fingerprint density at radius 3 is 2.81 bits per heavy atom. The molecule has 0 atom stereocenters. The van der Waals surface area contributed by atoms with Gasteiger partial charge < -0.3 is 15.7 Å². The lowest BCUT2D eigenvalue weighted by Crippen LogP contribution is -2.43. The van der Waals surface area contributed by atoms with Crippen LogP contribution in [0.1, 0.15) is 32.6 Å². The van der Waals surface area contributed by atoms with Crippen LogP contribution in [0, 0.1) is 0 Å². The van der Waals surface area contributed by atoms with Gasteiger partial charge in [0.1, 0.15) is 0 Å². The summed E-state index contributed by atoms with van der Waals surface area (Å²) < 4.78 is 1.92. The highest BCUT2D eigenvalue weighted by Gasteiger charge is 2.34. The second-order valence-electron chi connectivity index (χ2n) is 5.32. The maximum absolute atomic E-state index is 10.0. The second kappa shape index (κ2) is 9.24. The lowest BCUT2D eigenvalue weighted by atomic mass is 9.80. The first-order valence-electron chi connectivity index (χ1n) is 7.44. The van der Waals surface area contributed by atoms with E-state index in [1.165, 1.54) is 0 Å². The molecule has 1 aliphatic carbocycles. The molecule has 1 aromatic heterocycles.